The number of esters is 1. The molecule has 2 rings (SSSR count). The average molecular weight is 422 g/mol. The largest absolute Gasteiger partial charge is 0.478 e. The molecule has 6 nitrogen and oxygen atoms in total. The van der Waals surface area contributed by atoms with E-state index in [0.29, 0.717) is 6.42 Å². The van der Waals surface area contributed by atoms with Crippen molar-refractivity contribution in [2.45, 2.75) is 39.3 Å². The fourth-order valence-electron chi connectivity index (χ4n) is 3.37. The second-order valence-electron chi connectivity index (χ2n) is 6.86. The van der Waals surface area contributed by atoms with Gasteiger partial charge in [-0.05, 0) is 31.9 Å². The highest BCUT2D eigenvalue weighted by Crippen LogP contribution is 2.44. The minimum absolute atomic E-state index is 0.127. The highest BCUT2D eigenvalue weighted by atomic mass is 19.4. The Morgan fingerprint density at radius 1 is 1.23 bits per heavy atom. The van der Waals surface area contributed by atoms with Gasteiger partial charge in [0, 0.05) is 11.4 Å². The van der Waals surface area contributed by atoms with Gasteiger partial charge >= 0.3 is 18.1 Å². The molecule has 1 aromatic carbocycles. The van der Waals surface area contributed by atoms with Crippen molar-refractivity contribution in [1.29, 1.82) is 5.26 Å². The number of halogens is 3. The van der Waals surface area contributed by atoms with Gasteiger partial charge in [-0.15, -0.1) is 0 Å². The van der Waals surface area contributed by atoms with Crippen molar-refractivity contribution >= 4 is 11.9 Å². The van der Waals surface area contributed by atoms with Crippen LogP contribution in [0.5, 0.6) is 0 Å². The van der Waals surface area contributed by atoms with Crippen molar-refractivity contribution in [1.82, 2.24) is 5.32 Å². The summed E-state index contributed by atoms with van der Waals surface area (Å²) in [6.07, 6.45) is -4.34. The smallest absolute Gasteiger partial charge is 0.416 e. The number of allylic oxidation sites excluding steroid dienone is 2. The lowest BCUT2D eigenvalue weighted by Crippen LogP contribution is -2.33. The Kier molecular flexibility index (Phi) is 6.92. The van der Waals surface area contributed by atoms with E-state index >= 15 is 0 Å². The molecule has 2 unspecified atom stereocenters. The minimum atomic E-state index is -4.75. The summed E-state index contributed by atoms with van der Waals surface area (Å²) in [5.41, 5.74) is -1.69. The summed E-state index contributed by atoms with van der Waals surface area (Å²) in [6, 6.07) is 6.50. The Morgan fingerprint density at radius 2 is 1.83 bits per heavy atom. The van der Waals surface area contributed by atoms with Gasteiger partial charge in [0.05, 0.1) is 34.6 Å². The van der Waals surface area contributed by atoms with Crippen LogP contribution in [0.2, 0.25) is 0 Å². The van der Waals surface area contributed by atoms with Crippen LogP contribution in [0, 0.1) is 17.2 Å². The lowest BCUT2D eigenvalue weighted by molar-refractivity contribution is -0.141. The molecule has 1 aliphatic rings. The number of ether oxygens (including phenoxy) is 1. The summed E-state index contributed by atoms with van der Waals surface area (Å²) in [5, 5.41) is 21.5. The van der Waals surface area contributed by atoms with Crippen LogP contribution in [-0.2, 0) is 20.5 Å². The standard InChI is InChI=1S/C21H21F3N2O4/c1-4-13(9-25)10-30-20(29)17-12(3)26-11(2)16(19(27)28)18(17)14-7-5-6-8-15(14)21(22,23)24/h5-8,13,18,26H,4,10H2,1-3H3,(H,27,28). The number of carbonyl (C=O) groups excluding carboxylic acids is 1. The number of dihydropyridines is 1. The first kappa shape index (κ1) is 23.0. The van der Waals surface area contributed by atoms with Crippen molar-refractivity contribution < 1.29 is 32.6 Å². The molecule has 2 N–H and O–H groups in total. The van der Waals surface area contributed by atoms with Gasteiger partial charge in [-0.1, -0.05) is 25.1 Å². The molecule has 9 heteroatoms. The molecule has 2 atom stereocenters. The zero-order chi connectivity index (χ0) is 22.6. The Labute approximate surface area is 171 Å². The van der Waals surface area contributed by atoms with Crippen LogP contribution in [0.3, 0.4) is 0 Å². The molecule has 1 aromatic rings. The minimum Gasteiger partial charge on any atom is -0.478 e. The molecule has 0 bridgehead atoms. The maximum absolute atomic E-state index is 13.7. The Balaban J connectivity index is 2.64. The van der Waals surface area contributed by atoms with Crippen LogP contribution >= 0.6 is 0 Å². The predicted octanol–water partition coefficient (Wildman–Crippen LogP) is 4.12. The average Bonchev–Trinajstić information content (AvgIpc) is 2.67. The second-order valence-corrected chi connectivity index (χ2v) is 6.86. The first-order valence-electron chi connectivity index (χ1n) is 9.17. The van der Waals surface area contributed by atoms with Crippen LogP contribution in [0.15, 0.2) is 46.8 Å². The molecule has 30 heavy (non-hydrogen) atoms. The number of nitriles is 1. The molecule has 1 heterocycles. The van der Waals surface area contributed by atoms with Gasteiger partial charge < -0.3 is 15.2 Å². The third kappa shape index (κ3) is 4.64. The SMILES string of the molecule is CCC(C#N)COC(=O)C1=C(C)NC(C)=C(C(=O)O)C1c1ccccc1C(F)(F)F. The fraction of sp³-hybridized carbons (Fsp3) is 0.381. The molecular weight excluding hydrogens is 401 g/mol. The number of carboxylic acid groups (broad SMARTS) is 1. The highest BCUT2D eigenvalue weighted by molar-refractivity contribution is 5.99. The molecule has 0 fully saturated rings. The quantitative estimate of drug-likeness (QED) is 0.669. The van der Waals surface area contributed by atoms with E-state index in [1.807, 2.05) is 6.07 Å². The number of nitrogens with one attached hydrogen (secondary N) is 1. The van der Waals surface area contributed by atoms with E-state index < -0.39 is 35.5 Å². The third-order valence-corrected chi connectivity index (χ3v) is 4.88. The van der Waals surface area contributed by atoms with Crippen molar-refractivity contribution in [3.63, 3.8) is 0 Å². The second kappa shape index (κ2) is 9.03. The van der Waals surface area contributed by atoms with Crippen LogP contribution in [-0.4, -0.2) is 23.7 Å². The number of aliphatic carboxylic acids is 1. The monoisotopic (exact) mass is 422 g/mol. The normalized spacial score (nSPS) is 17.8. The number of rotatable bonds is 6. The number of hydrogen-bond acceptors (Lipinski definition) is 5. The third-order valence-electron chi connectivity index (χ3n) is 4.88. The number of carbonyl (C=O) groups is 2. The van der Waals surface area contributed by atoms with Crippen LogP contribution in [0.4, 0.5) is 13.2 Å². The highest BCUT2D eigenvalue weighted by Gasteiger charge is 2.42. The van der Waals surface area contributed by atoms with E-state index in [1.54, 1.807) is 6.92 Å². The van der Waals surface area contributed by atoms with Crippen LogP contribution < -0.4 is 5.32 Å². The Hall–Kier alpha value is -3.28. The summed E-state index contributed by atoms with van der Waals surface area (Å²) < 4.78 is 46.1. The van der Waals surface area contributed by atoms with Gasteiger partial charge in [0.15, 0.2) is 0 Å². The molecular formula is C21H21F3N2O4. The van der Waals surface area contributed by atoms with Crippen molar-refractivity contribution in [3.05, 3.63) is 57.9 Å². The Bertz CT molecular complexity index is 958. The Morgan fingerprint density at radius 3 is 2.37 bits per heavy atom. The van der Waals surface area contributed by atoms with Crippen molar-refractivity contribution in [3.8, 4) is 6.07 Å². The summed E-state index contributed by atoms with van der Waals surface area (Å²) in [4.78, 5) is 24.8. The van der Waals surface area contributed by atoms with E-state index in [9.17, 15) is 27.9 Å². The molecule has 0 amide bonds. The lowest BCUT2D eigenvalue weighted by Gasteiger charge is -2.31. The molecule has 1 aliphatic heterocycles. The zero-order valence-electron chi connectivity index (χ0n) is 16.6. The number of hydrogen-bond donors (Lipinski definition) is 2. The van der Waals surface area contributed by atoms with Gasteiger partial charge in [-0.3, -0.25) is 0 Å². The molecule has 0 saturated carbocycles. The molecule has 0 aliphatic carbocycles. The van der Waals surface area contributed by atoms with Gasteiger partial charge in [0.1, 0.15) is 6.61 Å². The van der Waals surface area contributed by atoms with Crippen LogP contribution in [0.25, 0.3) is 0 Å². The predicted molar refractivity (Wildman–Crippen MR) is 101 cm³/mol. The van der Waals surface area contributed by atoms with Gasteiger partial charge in [0.2, 0.25) is 0 Å². The summed E-state index contributed by atoms with van der Waals surface area (Å²) in [7, 11) is 0. The van der Waals surface area contributed by atoms with E-state index in [2.05, 4.69) is 5.32 Å². The lowest BCUT2D eigenvalue weighted by atomic mass is 9.78. The van der Waals surface area contributed by atoms with Crippen molar-refractivity contribution in [2.75, 3.05) is 6.61 Å². The van der Waals surface area contributed by atoms with Gasteiger partial charge in [-0.25, -0.2) is 9.59 Å². The van der Waals surface area contributed by atoms with Gasteiger partial charge in [0.25, 0.3) is 0 Å². The van der Waals surface area contributed by atoms with Gasteiger partial charge in [-0.2, -0.15) is 18.4 Å². The van der Waals surface area contributed by atoms with E-state index in [0.717, 1.165) is 12.1 Å². The molecule has 0 saturated heterocycles. The van der Waals surface area contributed by atoms with Crippen molar-refractivity contribution in [2.24, 2.45) is 5.92 Å². The first-order valence-corrected chi connectivity index (χ1v) is 9.17. The molecule has 0 spiro atoms. The first-order chi connectivity index (χ1) is 14.0. The molecule has 160 valence electrons. The summed E-state index contributed by atoms with van der Waals surface area (Å²) in [5.74, 6) is -4.50. The van der Waals surface area contributed by atoms with E-state index in [4.69, 9.17) is 10.00 Å². The number of nitrogens with zero attached hydrogens (tertiary/aromatic N) is 1. The number of alkyl halides is 3. The summed E-state index contributed by atoms with van der Waals surface area (Å²) >= 11 is 0. The number of carboxylic acids is 1. The molecule has 0 aromatic heterocycles. The fourth-order valence-corrected chi connectivity index (χ4v) is 3.37. The van der Waals surface area contributed by atoms with E-state index in [-0.39, 0.29) is 34.7 Å². The number of benzene rings is 1. The zero-order valence-corrected chi connectivity index (χ0v) is 16.6. The maximum atomic E-state index is 13.7. The summed E-state index contributed by atoms with van der Waals surface area (Å²) in [6.45, 7) is 4.36. The van der Waals surface area contributed by atoms with E-state index in [1.165, 1.54) is 26.0 Å². The van der Waals surface area contributed by atoms with Crippen LogP contribution in [0.1, 0.15) is 44.2 Å². The topological polar surface area (TPSA) is 99.4 Å². The maximum Gasteiger partial charge on any atom is 0.416 e. The molecule has 0 radical (unpaired) electrons.